The molecule has 94 valence electrons. The van der Waals surface area contributed by atoms with Crippen LogP contribution in [0.5, 0.6) is 0 Å². The average molecular weight is 235 g/mol. The van der Waals surface area contributed by atoms with Crippen molar-refractivity contribution in [1.82, 2.24) is 10.2 Å². The number of Topliss-reactive ketones (excluding diaryl/α,β-unsaturated/α-hetero) is 1. The van der Waals surface area contributed by atoms with Crippen molar-refractivity contribution < 1.29 is 4.79 Å². The van der Waals surface area contributed by atoms with Gasteiger partial charge in [-0.05, 0) is 6.42 Å². The van der Waals surface area contributed by atoms with E-state index in [2.05, 4.69) is 5.32 Å². The minimum atomic E-state index is -0.274. The van der Waals surface area contributed by atoms with Crippen LogP contribution < -0.4 is 5.32 Å². The summed E-state index contributed by atoms with van der Waals surface area (Å²) in [6, 6.07) is 0. The van der Waals surface area contributed by atoms with Gasteiger partial charge in [0.25, 0.3) is 0 Å². The monoisotopic (exact) mass is 235 g/mol. The lowest BCUT2D eigenvalue weighted by Crippen LogP contribution is -2.35. The van der Waals surface area contributed by atoms with Gasteiger partial charge >= 0.3 is 0 Å². The van der Waals surface area contributed by atoms with E-state index in [1.807, 2.05) is 39.0 Å². The van der Waals surface area contributed by atoms with Gasteiger partial charge in [0, 0.05) is 50.2 Å². The Labute approximate surface area is 103 Å². The molecular formula is C13H21N3O. The lowest BCUT2D eigenvalue weighted by atomic mass is 9.70. The number of carbonyl (C=O) groups excluding carboxylic acids is 1. The molecule has 1 aliphatic carbocycles. The fourth-order valence-corrected chi connectivity index (χ4v) is 2.01. The van der Waals surface area contributed by atoms with E-state index in [0.29, 0.717) is 17.7 Å². The summed E-state index contributed by atoms with van der Waals surface area (Å²) in [5, 5.41) is 10.8. The van der Waals surface area contributed by atoms with Gasteiger partial charge in [-0.25, -0.2) is 0 Å². The fourth-order valence-electron chi connectivity index (χ4n) is 2.01. The van der Waals surface area contributed by atoms with Gasteiger partial charge in [-0.2, -0.15) is 0 Å². The molecule has 1 fully saturated rings. The highest BCUT2D eigenvalue weighted by Crippen LogP contribution is 2.38. The zero-order valence-corrected chi connectivity index (χ0v) is 11.2. The number of rotatable bonds is 2. The Morgan fingerprint density at radius 3 is 2.47 bits per heavy atom. The third-order valence-electron chi connectivity index (χ3n) is 2.84. The van der Waals surface area contributed by atoms with E-state index in [4.69, 9.17) is 5.41 Å². The number of nitrogens with zero attached hydrogens (tertiary/aromatic N) is 1. The minimum absolute atomic E-state index is 0.0469. The highest BCUT2D eigenvalue weighted by molar-refractivity contribution is 6.29. The van der Waals surface area contributed by atoms with Crippen molar-refractivity contribution in [3.63, 3.8) is 0 Å². The Bertz CT molecular complexity index is 403. The molecule has 2 N–H and O–H groups in total. The number of hydrogen-bond donors (Lipinski definition) is 2. The maximum atomic E-state index is 12.3. The van der Waals surface area contributed by atoms with Gasteiger partial charge in [0.1, 0.15) is 0 Å². The van der Waals surface area contributed by atoms with E-state index < -0.39 is 0 Å². The molecule has 0 amide bonds. The van der Waals surface area contributed by atoms with Crippen LogP contribution in [0.3, 0.4) is 0 Å². The Kier molecular flexibility index (Phi) is 3.76. The lowest BCUT2D eigenvalue weighted by molar-refractivity contribution is -0.113. The standard InChI is InChI=1S/C13H21N3O/c1-13(2)6-11(14)9(7-15-3)12(17)10(13)8-16(4)5/h7-8,14-15H,6H2,1-5H3/b9-7+,10-8+,14-11?. The van der Waals surface area contributed by atoms with Gasteiger partial charge in [-0.15, -0.1) is 0 Å². The number of carbonyl (C=O) groups is 1. The molecule has 0 spiro atoms. The molecule has 17 heavy (non-hydrogen) atoms. The van der Waals surface area contributed by atoms with Crippen molar-refractivity contribution in [3.8, 4) is 0 Å². The van der Waals surface area contributed by atoms with Crippen LogP contribution in [-0.4, -0.2) is 37.5 Å². The molecule has 0 radical (unpaired) electrons. The molecule has 0 aromatic heterocycles. The van der Waals surface area contributed by atoms with Crippen LogP contribution in [0.1, 0.15) is 20.3 Å². The van der Waals surface area contributed by atoms with Crippen LogP contribution in [0.4, 0.5) is 0 Å². The normalized spacial score (nSPS) is 24.3. The summed E-state index contributed by atoms with van der Waals surface area (Å²) in [6.45, 7) is 4.01. The first kappa shape index (κ1) is 13.5. The lowest BCUT2D eigenvalue weighted by Gasteiger charge is -2.34. The fraction of sp³-hybridized carbons (Fsp3) is 0.538. The third kappa shape index (κ3) is 2.75. The first-order valence-electron chi connectivity index (χ1n) is 5.68. The van der Waals surface area contributed by atoms with Gasteiger partial charge < -0.3 is 15.6 Å². The first-order valence-corrected chi connectivity index (χ1v) is 5.68. The topological polar surface area (TPSA) is 56.2 Å². The second-order valence-electron chi connectivity index (χ2n) is 5.22. The molecule has 4 nitrogen and oxygen atoms in total. The number of ketones is 1. The zero-order chi connectivity index (χ0) is 13.2. The van der Waals surface area contributed by atoms with Crippen LogP contribution >= 0.6 is 0 Å². The molecule has 0 bridgehead atoms. The average Bonchev–Trinajstić information content (AvgIpc) is 2.18. The Morgan fingerprint density at radius 2 is 2.00 bits per heavy atom. The Morgan fingerprint density at radius 1 is 1.41 bits per heavy atom. The van der Waals surface area contributed by atoms with Gasteiger partial charge in [0.15, 0.2) is 5.78 Å². The molecule has 4 heteroatoms. The summed E-state index contributed by atoms with van der Waals surface area (Å²) < 4.78 is 0. The van der Waals surface area contributed by atoms with Gasteiger partial charge in [0.2, 0.25) is 0 Å². The summed E-state index contributed by atoms with van der Waals surface area (Å²) in [7, 11) is 5.54. The SMILES string of the molecule is CN/C=C1\C(=N)CC(C)(C)/C(=C/N(C)C)C1=O. The smallest absolute Gasteiger partial charge is 0.194 e. The molecule has 1 saturated carbocycles. The van der Waals surface area contributed by atoms with Crippen LogP contribution in [0, 0.1) is 10.8 Å². The number of nitrogens with one attached hydrogen (secondary N) is 2. The second-order valence-corrected chi connectivity index (χ2v) is 5.22. The Balaban J connectivity index is 3.24. The molecule has 0 aromatic carbocycles. The van der Waals surface area contributed by atoms with E-state index >= 15 is 0 Å². The molecule has 1 aliphatic rings. The number of hydrogen-bond acceptors (Lipinski definition) is 4. The van der Waals surface area contributed by atoms with E-state index in [1.165, 1.54) is 0 Å². The van der Waals surface area contributed by atoms with Crippen molar-refractivity contribution in [2.24, 2.45) is 5.41 Å². The summed E-state index contributed by atoms with van der Waals surface area (Å²) >= 11 is 0. The van der Waals surface area contributed by atoms with Gasteiger partial charge in [-0.3, -0.25) is 4.79 Å². The molecule has 0 atom stereocenters. The number of allylic oxidation sites excluding steroid dienone is 2. The van der Waals surface area contributed by atoms with Crippen molar-refractivity contribution in [2.45, 2.75) is 20.3 Å². The molecule has 0 unspecified atom stereocenters. The predicted molar refractivity (Wildman–Crippen MR) is 70.0 cm³/mol. The van der Waals surface area contributed by atoms with Gasteiger partial charge in [-0.1, -0.05) is 13.8 Å². The van der Waals surface area contributed by atoms with Gasteiger partial charge in [0.05, 0.1) is 5.57 Å². The van der Waals surface area contributed by atoms with Crippen LogP contribution in [-0.2, 0) is 4.79 Å². The Hall–Kier alpha value is -1.58. The molecule has 0 saturated heterocycles. The maximum Gasteiger partial charge on any atom is 0.194 e. The highest BCUT2D eigenvalue weighted by Gasteiger charge is 2.38. The molecule has 0 heterocycles. The summed E-state index contributed by atoms with van der Waals surface area (Å²) in [4.78, 5) is 14.2. The van der Waals surface area contributed by atoms with Crippen LogP contribution in [0.25, 0.3) is 0 Å². The van der Waals surface area contributed by atoms with Crippen molar-refractivity contribution in [3.05, 3.63) is 23.5 Å². The molecular weight excluding hydrogens is 214 g/mol. The maximum absolute atomic E-state index is 12.3. The van der Waals surface area contributed by atoms with E-state index in [0.717, 1.165) is 5.57 Å². The zero-order valence-electron chi connectivity index (χ0n) is 11.2. The molecule has 0 aromatic rings. The summed E-state index contributed by atoms with van der Waals surface area (Å²) in [5.41, 5.74) is 1.37. The van der Waals surface area contributed by atoms with Crippen molar-refractivity contribution in [1.29, 1.82) is 5.41 Å². The highest BCUT2D eigenvalue weighted by atomic mass is 16.1. The summed E-state index contributed by atoms with van der Waals surface area (Å²) in [6.07, 6.45) is 4.06. The van der Waals surface area contributed by atoms with Crippen molar-refractivity contribution in [2.75, 3.05) is 21.1 Å². The summed E-state index contributed by atoms with van der Waals surface area (Å²) in [5.74, 6) is -0.0469. The van der Waals surface area contributed by atoms with E-state index in [1.54, 1.807) is 13.2 Å². The first-order chi connectivity index (χ1) is 7.79. The minimum Gasteiger partial charge on any atom is -0.393 e. The van der Waals surface area contributed by atoms with E-state index in [-0.39, 0.29) is 11.2 Å². The predicted octanol–water partition coefficient (Wildman–Crippen LogP) is 1.55. The second kappa shape index (κ2) is 4.73. The quantitative estimate of drug-likeness (QED) is 0.714. The van der Waals surface area contributed by atoms with Crippen LogP contribution in [0.2, 0.25) is 0 Å². The molecule has 1 rings (SSSR count). The molecule has 0 aliphatic heterocycles. The third-order valence-corrected chi connectivity index (χ3v) is 2.84. The van der Waals surface area contributed by atoms with Crippen LogP contribution in [0.15, 0.2) is 23.5 Å². The van der Waals surface area contributed by atoms with E-state index in [9.17, 15) is 4.79 Å². The van der Waals surface area contributed by atoms with Crippen molar-refractivity contribution >= 4 is 11.5 Å². The largest absolute Gasteiger partial charge is 0.393 e.